The molecule has 100 valence electrons. The van der Waals surface area contributed by atoms with Gasteiger partial charge in [0, 0.05) is 5.54 Å². The Kier molecular flexibility index (Phi) is 5.28. The van der Waals surface area contributed by atoms with Gasteiger partial charge in [0.1, 0.15) is 5.82 Å². The van der Waals surface area contributed by atoms with Gasteiger partial charge in [-0.15, -0.1) is 0 Å². The summed E-state index contributed by atoms with van der Waals surface area (Å²) >= 11 is 0. The largest absolute Gasteiger partial charge is 0.350 e. The number of hydrogen-bond donors (Lipinski definition) is 2. The second-order valence-electron chi connectivity index (χ2n) is 5.35. The first kappa shape index (κ1) is 14.6. The van der Waals surface area contributed by atoms with Gasteiger partial charge in [-0.1, -0.05) is 12.1 Å². The molecule has 3 nitrogen and oxygen atoms in total. The van der Waals surface area contributed by atoms with E-state index in [4.69, 9.17) is 0 Å². The number of carbonyl (C=O) groups excluding carboxylic acids is 1. The van der Waals surface area contributed by atoms with Crippen LogP contribution in [0, 0.1) is 5.82 Å². The van der Waals surface area contributed by atoms with Crippen LogP contribution in [-0.4, -0.2) is 24.5 Å². The number of nitrogens with one attached hydrogen (secondary N) is 2. The maximum Gasteiger partial charge on any atom is 0.234 e. The highest BCUT2D eigenvalue weighted by atomic mass is 19.1. The topological polar surface area (TPSA) is 41.1 Å². The zero-order valence-electron chi connectivity index (χ0n) is 11.2. The summed E-state index contributed by atoms with van der Waals surface area (Å²) < 4.78 is 12.7. The van der Waals surface area contributed by atoms with E-state index in [0.717, 1.165) is 12.0 Å². The second kappa shape index (κ2) is 6.50. The van der Waals surface area contributed by atoms with E-state index >= 15 is 0 Å². The number of amides is 1. The highest BCUT2D eigenvalue weighted by Gasteiger charge is 2.12. The van der Waals surface area contributed by atoms with Crippen molar-refractivity contribution >= 4 is 5.91 Å². The molecule has 0 unspecified atom stereocenters. The van der Waals surface area contributed by atoms with Crippen molar-refractivity contribution in [2.45, 2.75) is 32.7 Å². The van der Waals surface area contributed by atoms with Gasteiger partial charge in [-0.3, -0.25) is 4.79 Å². The van der Waals surface area contributed by atoms with E-state index in [-0.39, 0.29) is 17.3 Å². The van der Waals surface area contributed by atoms with Crippen molar-refractivity contribution in [1.82, 2.24) is 10.6 Å². The van der Waals surface area contributed by atoms with Crippen molar-refractivity contribution < 1.29 is 9.18 Å². The van der Waals surface area contributed by atoms with Gasteiger partial charge in [0.25, 0.3) is 0 Å². The molecular formula is C14H21FN2O. The highest BCUT2D eigenvalue weighted by molar-refractivity contribution is 5.78. The Morgan fingerprint density at radius 1 is 1.22 bits per heavy atom. The molecule has 0 heterocycles. The molecule has 1 amide bonds. The summed E-state index contributed by atoms with van der Waals surface area (Å²) in [6, 6.07) is 6.40. The average Bonchev–Trinajstić information content (AvgIpc) is 2.24. The fraction of sp³-hybridized carbons (Fsp3) is 0.500. The van der Waals surface area contributed by atoms with Crippen molar-refractivity contribution in [1.29, 1.82) is 0 Å². The predicted octanol–water partition coefficient (Wildman–Crippen LogP) is 1.87. The Labute approximate surface area is 108 Å². The summed E-state index contributed by atoms with van der Waals surface area (Å²) in [4.78, 5) is 11.5. The van der Waals surface area contributed by atoms with Crippen LogP contribution in [0.5, 0.6) is 0 Å². The minimum Gasteiger partial charge on any atom is -0.350 e. The molecular weight excluding hydrogens is 231 g/mol. The minimum absolute atomic E-state index is 0.0124. The van der Waals surface area contributed by atoms with Gasteiger partial charge in [-0.05, 0) is 51.4 Å². The summed E-state index contributed by atoms with van der Waals surface area (Å²) in [7, 11) is 0. The molecule has 0 aromatic heterocycles. The molecule has 0 bridgehead atoms. The van der Waals surface area contributed by atoms with Crippen molar-refractivity contribution in [3.63, 3.8) is 0 Å². The Hall–Kier alpha value is -1.42. The average molecular weight is 252 g/mol. The molecule has 0 aliphatic rings. The fourth-order valence-electron chi connectivity index (χ4n) is 1.55. The first-order valence-electron chi connectivity index (χ1n) is 6.13. The monoisotopic (exact) mass is 252 g/mol. The van der Waals surface area contributed by atoms with Crippen molar-refractivity contribution in [2.75, 3.05) is 13.1 Å². The molecule has 18 heavy (non-hydrogen) atoms. The quantitative estimate of drug-likeness (QED) is 0.786. The smallest absolute Gasteiger partial charge is 0.234 e. The number of carbonyl (C=O) groups is 1. The van der Waals surface area contributed by atoms with Crippen LogP contribution in [0.25, 0.3) is 0 Å². The van der Waals surface area contributed by atoms with Gasteiger partial charge in [-0.25, -0.2) is 4.39 Å². The third-order valence-electron chi connectivity index (χ3n) is 2.30. The van der Waals surface area contributed by atoms with E-state index in [1.54, 1.807) is 12.1 Å². The third-order valence-corrected chi connectivity index (χ3v) is 2.30. The molecule has 1 aromatic rings. The van der Waals surface area contributed by atoms with E-state index in [1.807, 2.05) is 20.8 Å². The van der Waals surface area contributed by atoms with Crippen LogP contribution in [0.1, 0.15) is 26.3 Å². The summed E-state index contributed by atoms with van der Waals surface area (Å²) in [6.45, 7) is 6.85. The second-order valence-corrected chi connectivity index (χ2v) is 5.35. The molecule has 0 aliphatic heterocycles. The highest BCUT2D eigenvalue weighted by Crippen LogP contribution is 2.02. The zero-order chi connectivity index (χ0) is 13.6. The Bertz CT molecular complexity index is 382. The lowest BCUT2D eigenvalue weighted by atomic mass is 10.1. The van der Waals surface area contributed by atoms with Gasteiger partial charge < -0.3 is 10.6 Å². The summed E-state index contributed by atoms with van der Waals surface area (Å²) in [5.41, 5.74) is 0.857. The zero-order valence-corrected chi connectivity index (χ0v) is 11.2. The van der Waals surface area contributed by atoms with Crippen LogP contribution in [-0.2, 0) is 11.2 Å². The Balaban J connectivity index is 2.19. The summed E-state index contributed by atoms with van der Waals surface area (Å²) in [6.07, 6.45) is 0.781. The maximum atomic E-state index is 12.7. The van der Waals surface area contributed by atoms with Crippen LogP contribution in [0.4, 0.5) is 4.39 Å². The molecule has 1 rings (SSSR count). The first-order chi connectivity index (χ1) is 8.37. The van der Waals surface area contributed by atoms with Crippen molar-refractivity contribution in [3.8, 4) is 0 Å². The Morgan fingerprint density at radius 2 is 1.83 bits per heavy atom. The maximum absolute atomic E-state index is 12.7. The van der Waals surface area contributed by atoms with E-state index < -0.39 is 0 Å². The molecule has 0 spiro atoms. The lowest BCUT2D eigenvalue weighted by molar-refractivity contribution is -0.121. The minimum atomic E-state index is -0.226. The number of benzene rings is 1. The first-order valence-corrected chi connectivity index (χ1v) is 6.13. The molecule has 0 atom stereocenters. The van der Waals surface area contributed by atoms with Gasteiger partial charge in [-0.2, -0.15) is 0 Å². The number of rotatable bonds is 5. The molecule has 2 N–H and O–H groups in total. The van der Waals surface area contributed by atoms with Crippen molar-refractivity contribution in [3.05, 3.63) is 35.6 Å². The van der Waals surface area contributed by atoms with Crippen LogP contribution >= 0.6 is 0 Å². The summed E-state index contributed by atoms with van der Waals surface area (Å²) in [5, 5.41) is 5.94. The lowest BCUT2D eigenvalue weighted by Gasteiger charge is -2.20. The van der Waals surface area contributed by atoms with Gasteiger partial charge in [0.05, 0.1) is 6.54 Å². The SMILES string of the molecule is CC(C)(C)NC(=O)CNCCc1ccc(F)cc1. The van der Waals surface area contributed by atoms with E-state index in [9.17, 15) is 9.18 Å². The van der Waals surface area contributed by atoms with E-state index in [0.29, 0.717) is 13.1 Å². The van der Waals surface area contributed by atoms with E-state index in [1.165, 1.54) is 12.1 Å². The van der Waals surface area contributed by atoms with E-state index in [2.05, 4.69) is 10.6 Å². The van der Waals surface area contributed by atoms with Crippen LogP contribution in [0.3, 0.4) is 0 Å². The lowest BCUT2D eigenvalue weighted by Crippen LogP contribution is -2.45. The van der Waals surface area contributed by atoms with Gasteiger partial charge in [0.15, 0.2) is 0 Å². The molecule has 0 saturated carbocycles. The number of halogens is 1. The molecule has 0 saturated heterocycles. The van der Waals surface area contributed by atoms with Crippen LogP contribution in [0.2, 0.25) is 0 Å². The molecule has 1 aromatic carbocycles. The predicted molar refractivity (Wildman–Crippen MR) is 70.9 cm³/mol. The molecule has 0 fully saturated rings. The number of hydrogen-bond acceptors (Lipinski definition) is 2. The summed E-state index contributed by atoms with van der Waals surface area (Å²) in [5.74, 6) is -0.238. The molecule has 4 heteroatoms. The van der Waals surface area contributed by atoms with Gasteiger partial charge >= 0.3 is 0 Å². The van der Waals surface area contributed by atoms with Gasteiger partial charge in [0.2, 0.25) is 5.91 Å². The fourth-order valence-corrected chi connectivity index (χ4v) is 1.55. The molecule has 0 aliphatic carbocycles. The Morgan fingerprint density at radius 3 is 2.39 bits per heavy atom. The van der Waals surface area contributed by atoms with Crippen molar-refractivity contribution in [2.24, 2.45) is 0 Å². The molecule has 0 radical (unpaired) electrons. The standard InChI is InChI=1S/C14H21FN2O/c1-14(2,3)17-13(18)10-16-9-8-11-4-6-12(15)7-5-11/h4-7,16H,8-10H2,1-3H3,(H,17,18). The normalized spacial score (nSPS) is 11.3. The third kappa shape index (κ3) is 6.35. The van der Waals surface area contributed by atoms with Crippen LogP contribution in [0.15, 0.2) is 24.3 Å². The van der Waals surface area contributed by atoms with Crippen LogP contribution < -0.4 is 10.6 Å².